The average molecular weight is 283 g/mol. The molecule has 106 valence electrons. The predicted octanol–water partition coefficient (Wildman–Crippen LogP) is 3.06. The van der Waals surface area contributed by atoms with Gasteiger partial charge in [-0.1, -0.05) is 0 Å². The Kier molecular flexibility index (Phi) is 4.43. The van der Waals surface area contributed by atoms with Crippen molar-refractivity contribution in [3.63, 3.8) is 0 Å². The van der Waals surface area contributed by atoms with Gasteiger partial charge in [0.25, 0.3) is 6.43 Å². The van der Waals surface area contributed by atoms with Crippen LogP contribution in [0.25, 0.3) is 0 Å². The van der Waals surface area contributed by atoms with Crippen LogP contribution in [0, 0.1) is 6.92 Å². The maximum atomic E-state index is 12.8. The Hall–Kier alpha value is -1.73. The zero-order valence-electron chi connectivity index (χ0n) is 10.0. The highest BCUT2D eigenvalue weighted by molar-refractivity contribution is 5.73. The monoisotopic (exact) mass is 283 g/mol. The maximum Gasteiger partial charge on any atom is 0.418 e. The lowest BCUT2D eigenvalue weighted by Crippen LogP contribution is -2.18. The molecular formula is C11H10F5NO2. The minimum Gasteiger partial charge on any atom is -0.469 e. The number of aryl methyl sites for hydroxylation is 1. The lowest BCUT2D eigenvalue weighted by Gasteiger charge is -2.16. The number of nitrogens with zero attached hydrogens (tertiary/aromatic N) is 1. The Labute approximate surface area is 105 Å². The van der Waals surface area contributed by atoms with Crippen LogP contribution in [-0.2, 0) is 22.1 Å². The molecule has 0 N–H and O–H groups in total. The molecule has 1 rings (SSSR count). The van der Waals surface area contributed by atoms with Crippen molar-refractivity contribution in [1.29, 1.82) is 0 Å². The van der Waals surface area contributed by atoms with E-state index in [4.69, 9.17) is 0 Å². The first-order valence-electron chi connectivity index (χ1n) is 5.09. The molecular weight excluding hydrogens is 273 g/mol. The highest BCUT2D eigenvalue weighted by atomic mass is 19.4. The van der Waals surface area contributed by atoms with E-state index in [0.29, 0.717) is 0 Å². The van der Waals surface area contributed by atoms with Gasteiger partial charge in [0.2, 0.25) is 0 Å². The van der Waals surface area contributed by atoms with Gasteiger partial charge in [0.05, 0.1) is 19.1 Å². The SMILES string of the molecule is COC(=O)Cc1cc(C)nc(C(F)F)c1C(F)(F)F. The second-order valence-corrected chi connectivity index (χ2v) is 3.73. The first-order valence-corrected chi connectivity index (χ1v) is 5.09. The maximum absolute atomic E-state index is 12.8. The van der Waals surface area contributed by atoms with Crippen LogP contribution in [-0.4, -0.2) is 18.1 Å². The number of aromatic nitrogens is 1. The zero-order valence-corrected chi connectivity index (χ0v) is 10.0. The largest absolute Gasteiger partial charge is 0.469 e. The van der Waals surface area contributed by atoms with Crippen molar-refractivity contribution < 1.29 is 31.5 Å². The Morgan fingerprint density at radius 1 is 1.42 bits per heavy atom. The number of methoxy groups -OCH3 is 1. The molecule has 19 heavy (non-hydrogen) atoms. The number of carbonyl (C=O) groups is 1. The van der Waals surface area contributed by atoms with Gasteiger partial charge in [-0.25, -0.2) is 8.78 Å². The first kappa shape index (κ1) is 15.3. The second kappa shape index (κ2) is 5.50. The molecule has 0 aromatic carbocycles. The summed E-state index contributed by atoms with van der Waals surface area (Å²) in [7, 11) is 0.998. The minimum absolute atomic E-state index is 0.0257. The van der Waals surface area contributed by atoms with Crippen molar-refractivity contribution >= 4 is 5.97 Å². The van der Waals surface area contributed by atoms with Gasteiger partial charge in [-0.2, -0.15) is 13.2 Å². The van der Waals surface area contributed by atoms with Gasteiger partial charge in [-0.3, -0.25) is 9.78 Å². The molecule has 0 amide bonds. The minimum atomic E-state index is -5.02. The molecule has 1 aromatic heterocycles. The van der Waals surface area contributed by atoms with Gasteiger partial charge in [0, 0.05) is 5.69 Å². The fourth-order valence-corrected chi connectivity index (χ4v) is 1.62. The fraction of sp³-hybridized carbons (Fsp3) is 0.455. The lowest BCUT2D eigenvalue weighted by atomic mass is 10.0. The molecule has 0 spiro atoms. The predicted molar refractivity (Wildman–Crippen MR) is 54.7 cm³/mol. The third-order valence-corrected chi connectivity index (χ3v) is 2.31. The summed E-state index contributed by atoms with van der Waals surface area (Å²) in [6.07, 6.45) is -9.14. The Balaban J connectivity index is 3.47. The summed E-state index contributed by atoms with van der Waals surface area (Å²) < 4.78 is 68.1. The molecule has 1 heterocycles. The molecule has 3 nitrogen and oxygen atoms in total. The molecule has 0 aliphatic carbocycles. The zero-order chi connectivity index (χ0) is 14.8. The van der Waals surface area contributed by atoms with Crippen LogP contribution in [0.1, 0.15) is 28.9 Å². The standard InChI is InChI=1S/C11H10F5NO2/c1-5-3-6(4-7(18)19-2)8(11(14,15)16)9(17-5)10(12)13/h3,10H,4H2,1-2H3. The summed E-state index contributed by atoms with van der Waals surface area (Å²) in [6.45, 7) is 1.27. The first-order chi connectivity index (χ1) is 8.66. The molecule has 0 unspecified atom stereocenters. The van der Waals surface area contributed by atoms with Gasteiger partial charge < -0.3 is 4.74 Å². The van der Waals surface area contributed by atoms with Crippen LogP contribution in [0.15, 0.2) is 6.07 Å². The van der Waals surface area contributed by atoms with E-state index in [2.05, 4.69) is 9.72 Å². The summed E-state index contributed by atoms with van der Waals surface area (Å²) in [5.41, 5.74) is -3.53. The Morgan fingerprint density at radius 3 is 2.42 bits per heavy atom. The van der Waals surface area contributed by atoms with Crippen molar-refractivity contribution in [2.75, 3.05) is 7.11 Å². The summed E-state index contributed by atoms with van der Waals surface area (Å²) in [4.78, 5) is 14.3. The molecule has 0 aliphatic heterocycles. The number of rotatable bonds is 3. The van der Waals surface area contributed by atoms with Crippen molar-refractivity contribution in [2.45, 2.75) is 25.9 Å². The smallest absolute Gasteiger partial charge is 0.418 e. The molecule has 0 saturated heterocycles. The lowest BCUT2D eigenvalue weighted by molar-refractivity contribution is -0.142. The number of hydrogen-bond donors (Lipinski definition) is 0. The van der Waals surface area contributed by atoms with Crippen LogP contribution in [0.2, 0.25) is 0 Å². The third-order valence-electron chi connectivity index (χ3n) is 2.31. The van der Waals surface area contributed by atoms with E-state index in [1.807, 2.05) is 0 Å². The number of ether oxygens (including phenoxy) is 1. The van der Waals surface area contributed by atoms with E-state index in [1.54, 1.807) is 0 Å². The molecule has 0 radical (unpaired) electrons. The third kappa shape index (κ3) is 3.62. The number of alkyl halides is 5. The summed E-state index contributed by atoms with van der Waals surface area (Å²) in [5.74, 6) is -0.948. The van der Waals surface area contributed by atoms with Gasteiger partial charge in [0.1, 0.15) is 5.69 Å². The summed E-state index contributed by atoms with van der Waals surface area (Å²) in [5, 5.41) is 0. The Morgan fingerprint density at radius 2 is 2.00 bits per heavy atom. The van der Waals surface area contributed by atoms with Crippen molar-refractivity contribution in [3.05, 3.63) is 28.6 Å². The number of esters is 1. The van der Waals surface area contributed by atoms with Crippen molar-refractivity contribution in [2.24, 2.45) is 0 Å². The Bertz CT molecular complexity index is 485. The van der Waals surface area contributed by atoms with Crippen LogP contribution in [0.3, 0.4) is 0 Å². The molecule has 0 aliphatic rings. The molecule has 0 atom stereocenters. The van der Waals surface area contributed by atoms with Gasteiger partial charge in [-0.15, -0.1) is 0 Å². The number of halogens is 5. The highest BCUT2D eigenvalue weighted by Crippen LogP contribution is 2.38. The van der Waals surface area contributed by atoms with E-state index in [1.165, 1.54) is 6.92 Å². The van der Waals surface area contributed by atoms with Crippen LogP contribution >= 0.6 is 0 Å². The summed E-state index contributed by atoms with van der Waals surface area (Å²) in [6, 6.07) is 0.950. The van der Waals surface area contributed by atoms with Crippen LogP contribution in [0.4, 0.5) is 22.0 Å². The quantitative estimate of drug-likeness (QED) is 0.632. The molecule has 0 fully saturated rings. The van der Waals surface area contributed by atoms with Gasteiger partial charge >= 0.3 is 12.1 Å². The highest BCUT2D eigenvalue weighted by Gasteiger charge is 2.40. The van der Waals surface area contributed by atoms with E-state index in [0.717, 1.165) is 13.2 Å². The topological polar surface area (TPSA) is 39.2 Å². The van der Waals surface area contributed by atoms with Crippen molar-refractivity contribution in [1.82, 2.24) is 4.98 Å². The molecule has 1 aromatic rings. The fourth-order valence-electron chi connectivity index (χ4n) is 1.62. The normalized spacial score (nSPS) is 11.8. The average Bonchev–Trinajstić information content (AvgIpc) is 2.25. The van der Waals surface area contributed by atoms with E-state index in [-0.39, 0.29) is 5.69 Å². The number of pyridine rings is 1. The van der Waals surface area contributed by atoms with Gasteiger partial charge in [0.15, 0.2) is 0 Å². The molecule has 8 heteroatoms. The van der Waals surface area contributed by atoms with Crippen LogP contribution < -0.4 is 0 Å². The van der Waals surface area contributed by atoms with Gasteiger partial charge in [-0.05, 0) is 18.6 Å². The van der Waals surface area contributed by atoms with Crippen molar-refractivity contribution in [3.8, 4) is 0 Å². The molecule has 0 saturated carbocycles. The number of hydrogen-bond acceptors (Lipinski definition) is 3. The van der Waals surface area contributed by atoms with E-state index in [9.17, 15) is 26.7 Å². The second-order valence-electron chi connectivity index (χ2n) is 3.73. The van der Waals surface area contributed by atoms with Crippen LogP contribution in [0.5, 0.6) is 0 Å². The van der Waals surface area contributed by atoms with E-state index >= 15 is 0 Å². The van der Waals surface area contributed by atoms with E-state index < -0.39 is 41.8 Å². The molecule has 0 bridgehead atoms. The number of carbonyl (C=O) groups excluding carboxylic acids is 1. The summed E-state index contributed by atoms with van der Waals surface area (Å²) >= 11 is 0.